The fourth-order valence-electron chi connectivity index (χ4n) is 4.01. The number of carbonyl (C=O) groups is 1. The van der Waals surface area contributed by atoms with Crippen molar-refractivity contribution in [2.75, 3.05) is 13.1 Å². The summed E-state index contributed by atoms with van der Waals surface area (Å²) in [6, 6.07) is 10.6. The minimum absolute atomic E-state index is 0.0579. The summed E-state index contributed by atoms with van der Waals surface area (Å²) in [5, 5.41) is 0. The third-order valence-electron chi connectivity index (χ3n) is 5.50. The molecular formula is C21H23F3N4O. The molecule has 4 rings (SSSR count). The molecule has 2 aliphatic heterocycles. The molecule has 2 unspecified atom stereocenters. The quantitative estimate of drug-likeness (QED) is 0.822. The van der Waals surface area contributed by atoms with Crippen LogP contribution in [0.1, 0.15) is 47.8 Å². The van der Waals surface area contributed by atoms with Crippen LogP contribution in [0.5, 0.6) is 0 Å². The Bertz CT molecular complexity index is 863. The lowest BCUT2D eigenvalue weighted by molar-refractivity contribution is -0.137. The Kier molecular flexibility index (Phi) is 5.56. The van der Waals surface area contributed by atoms with Crippen molar-refractivity contribution < 1.29 is 18.0 Å². The Morgan fingerprint density at radius 3 is 2.62 bits per heavy atom. The van der Waals surface area contributed by atoms with E-state index >= 15 is 0 Å². The first-order valence-electron chi connectivity index (χ1n) is 9.82. The second-order valence-electron chi connectivity index (χ2n) is 7.53. The second kappa shape index (κ2) is 8.12. The fraction of sp³-hybridized carbons (Fsp3) is 0.429. The molecule has 154 valence electrons. The standard InChI is InChI=1S/C21H23F3N4O/c22-21(23,24)15-8-6-14(7-9-15)13-16-3-1-4-17(26-16)19-5-2-12-28(19)20(29)18-10-11-25-27-18/h1,3-4,6-9,18-19,25,27H,2,5,10-13H2. The summed E-state index contributed by atoms with van der Waals surface area (Å²) in [5.74, 6) is 0.0902. The normalized spacial score (nSPS) is 22.2. The van der Waals surface area contributed by atoms with Crippen LogP contribution in [0.25, 0.3) is 0 Å². The average molecular weight is 404 g/mol. The summed E-state index contributed by atoms with van der Waals surface area (Å²) in [5.41, 5.74) is 7.75. The maximum Gasteiger partial charge on any atom is 0.416 e. The first kappa shape index (κ1) is 19.8. The Morgan fingerprint density at radius 1 is 1.14 bits per heavy atom. The van der Waals surface area contributed by atoms with Gasteiger partial charge >= 0.3 is 6.18 Å². The van der Waals surface area contributed by atoms with Crippen molar-refractivity contribution in [3.05, 3.63) is 65.0 Å². The maximum atomic E-state index is 12.8. The molecule has 3 heterocycles. The molecule has 2 aliphatic rings. The molecule has 1 aromatic carbocycles. The number of hydrogen-bond acceptors (Lipinski definition) is 4. The number of nitrogens with zero attached hydrogens (tertiary/aromatic N) is 2. The second-order valence-corrected chi connectivity index (χ2v) is 7.53. The molecular weight excluding hydrogens is 381 g/mol. The number of halogens is 3. The van der Waals surface area contributed by atoms with Crippen LogP contribution < -0.4 is 10.9 Å². The third-order valence-corrected chi connectivity index (χ3v) is 5.50. The molecule has 5 nitrogen and oxygen atoms in total. The van der Waals surface area contributed by atoms with Crippen molar-refractivity contribution in [2.24, 2.45) is 0 Å². The molecule has 0 spiro atoms. The summed E-state index contributed by atoms with van der Waals surface area (Å²) in [6.07, 6.45) is -1.33. The van der Waals surface area contributed by atoms with Crippen molar-refractivity contribution in [3.63, 3.8) is 0 Å². The highest BCUT2D eigenvalue weighted by molar-refractivity contribution is 5.82. The minimum Gasteiger partial charge on any atom is -0.333 e. The van der Waals surface area contributed by atoms with Crippen molar-refractivity contribution in [1.82, 2.24) is 20.7 Å². The van der Waals surface area contributed by atoms with Crippen LogP contribution in [-0.4, -0.2) is 34.9 Å². The lowest BCUT2D eigenvalue weighted by atomic mass is 10.0. The summed E-state index contributed by atoms with van der Waals surface area (Å²) in [6.45, 7) is 1.49. The molecule has 0 bridgehead atoms. The Morgan fingerprint density at radius 2 is 1.93 bits per heavy atom. The predicted molar refractivity (Wildman–Crippen MR) is 102 cm³/mol. The zero-order valence-corrected chi connectivity index (χ0v) is 15.9. The van der Waals surface area contributed by atoms with E-state index < -0.39 is 11.7 Å². The monoisotopic (exact) mass is 404 g/mol. The Labute approximate surface area is 167 Å². The van der Waals surface area contributed by atoms with Crippen LogP contribution in [-0.2, 0) is 17.4 Å². The first-order valence-corrected chi connectivity index (χ1v) is 9.82. The molecule has 2 saturated heterocycles. The van der Waals surface area contributed by atoms with E-state index in [-0.39, 0.29) is 18.0 Å². The van der Waals surface area contributed by atoms with Crippen molar-refractivity contribution in [3.8, 4) is 0 Å². The number of hydrazine groups is 1. The van der Waals surface area contributed by atoms with Crippen LogP contribution in [0, 0.1) is 0 Å². The van der Waals surface area contributed by atoms with Crippen LogP contribution in [0.3, 0.4) is 0 Å². The van der Waals surface area contributed by atoms with E-state index in [2.05, 4.69) is 10.9 Å². The number of likely N-dealkylation sites (tertiary alicyclic amines) is 1. The van der Waals surface area contributed by atoms with Gasteiger partial charge in [-0.1, -0.05) is 18.2 Å². The molecule has 2 aromatic rings. The number of nitrogens with one attached hydrogen (secondary N) is 2. The van der Waals surface area contributed by atoms with Gasteiger partial charge in [0.05, 0.1) is 17.3 Å². The molecule has 0 aliphatic carbocycles. The van der Waals surface area contributed by atoms with Crippen molar-refractivity contribution >= 4 is 5.91 Å². The first-order chi connectivity index (χ1) is 13.9. The smallest absolute Gasteiger partial charge is 0.333 e. The molecule has 1 aromatic heterocycles. The van der Waals surface area contributed by atoms with E-state index in [1.165, 1.54) is 12.1 Å². The van der Waals surface area contributed by atoms with Crippen molar-refractivity contribution in [1.29, 1.82) is 0 Å². The van der Waals surface area contributed by atoms with E-state index in [9.17, 15) is 18.0 Å². The van der Waals surface area contributed by atoms with Gasteiger partial charge in [-0.25, -0.2) is 5.43 Å². The largest absolute Gasteiger partial charge is 0.416 e. The SMILES string of the molecule is O=C(C1CCNN1)N1CCCC1c1cccc(Cc2ccc(C(F)(F)F)cc2)n1. The molecule has 2 atom stereocenters. The molecule has 2 N–H and O–H groups in total. The average Bonchev–Trinajstić information content (AvgIpc) is 3.40. The molecule has 0 saturated carbocycles. The lowest BCUT2D eigenvalue weighted by Crippen LogP contribution is -2.45. The number of carbonyl (C=O) groups excluding carboxylic acids is 1. The number of rotatable bonds is 4. The summed E-state index contributed by atoms with van der Waals surface area (Å²) < 4.78 is 38.2. The van der Waals surface area contributed by atoms with Gasteiger partial charge in [-0.3, -0.25) is 15.2 Å². The molecule has 2 fully saturated rings. The van der Waals surface area contributed by atoms with E-state index in [4.69, 9.17) is 4.98 Å². The van der Waals surface area contributed by atoms with Gasteiger partial charge in [-0.2, -0.15) is 13.2 Å². The van der Waals surface area contributed by atoms with Gasteiger partial charge in [0.1, 0.15) is 6.04 Å². The van der Waals surface area contributed by atoms with Gasteiger partial charge in [-0.15, -0.1) is 0 Å². The predicted octanol–water partition coefficient (Wildman–Crippen LogP) is 3.22. The topological polar surface area (TPSA) is 57.3 Å². The van der Waals surface area contributed by atoms with E-state index in [1.54, 1.807) is 0 Å². The van der Waals surface area contributed by atoms with Crippen LogP contribution in [0.2, 0.25) is 0 Å². The highest BCUT2D eigenvalue weighted by Gasteiger charge is 2.35. The van der Waals surface area contributed by atoms with Gasteiger partial charge in [0, 0.05) is 25.2 Å². The number of amides is 1. The number of benzene rings is 1. The lowest BCUT2D eigenvalue weighted by Gasteiger charge is -2.27. The molecule has 0 radical (unpaired) electrons. The Hall–Kier alpha value is -2.45. The number of alkyl halides is 3. The number of aromatic nitrogens is 1. The molecule has 29 heavy (non-hydrogen) atoms. The minimum atomic E-state index is -4.33. The van der Waals surface area contributed by atoms with Crippen molar-refractivity contribution in [2.45, 2.75) is 43.9 Å². The number of pyridine rings is 1. The number of hydrogen-bond donors (Lipinski definition) is 2. The highest BCUT2D eigenvalue weighted by atomic mass is 19.4. The zero-order valence-electron chi connectivity index (χ0n) is 15.9. The maximum absolute atomic E-state index is 12.8. The zero-order chi connectivity index (χ0) is 20.4. The van der Waals surface area contributed by atoms with Gasteiger partial charge in [0.2, 0.25) is 5.91 Å². The van der Waals surface area contributed by atoms with E-state index in [0.717, 1.165) is 54.9 Å². The van der Waals surface area contributed by atoms with Crippen LogP contribution >= 0.6 is 0 Å². The van der Waals surface area contributed by atoms with Crippen LogP contribution in [0.4, 0.5) is 13.2 Å². The van der Waals surface area contributed by atoms with Gasteiger partial charge in [0.25, 0.3) is 0 Å². The van der Waals surface area contributed by atoms with Gasteiger partial charge in [0.15, 0.2) is 0 Å². The van der Waals surface area contributed by atoms with Crippen LogP contribution in [0.15, 0.2) is 42.5 Å². The fourth-order valence-corrected chi connectivity index (χ4v) is 4.01. The summed E-state index contributed by atoms with van der Waals surface area (Å²) in [7, 11) is 0. The molecule has 8 heteroatoms. The van der Waals surface area contributed by atoms with Gasteiger partial charge < -0.3 is 4.90 Å². The van der Waals surface area contributed by atoms with Gasteiger partial charge in [-0.05, 0) is 49.1 Å². The third kappa shape index (κ3) is 4.43. The van der Waals surface area contributed by atoms with E-state index in [1.807, 2.05) is 23.1 Å². The summed E-state index contributed by atoms with van der Waals surface area (Å²) >= 11 is 0. The van der Waals surface area contributed by atoms with E-state index in [0.29, 0.717) is 13.0 Å². The summed E-state index contributed by atoms with van der Waals surface area (Å²) in [4.78, 5) is 19.5. The molecule has 1 amide bonds. The Balaban J connectivity index is 1.48. The highest BCUT2D eigenvalue weighted by Crippen LogP contribution is 2.32.